The summed E-state index contributed by atoms with van der Waals surface area (Å²) in [5, 5.41) is 0. The van der Waals surface area contributed by atoms with E-state index in [0.29, 0.717) is 12.0 Å². The minimum absolute atomic E-state index is 0.216. The number of carbonyl (C=O) groups is 1. The fourth-order valence-electron chi connectivity index (χ4n) is 0.892. The lowest BCUT2D eigenvalue weighted by Crippen LogP contribution is -2.08. The zero-order chi connectivity index (χ0) is 8.27. The van der Waals surface area contributed by atoms with Crippen LogP contribution in [0.1, 0.15) is 23.0 Å². The molecule has 0 aliphatic heterocycles. The lowest BCUT2D eigenvalue weighted by atomic mass is 10.2. The number of nitrogens with one attached hydrogen (secondary N) is 1. The molecule has 0 aliphatic carbocycles. The van der Waals surface area contributed by atoms with E-state index in [1.165, 1.54) is 6.07 Å². The van der Waals surface area contributed by atoms with Crippen LogP contribution in [0.15, 0.2) is 16.9 Å². The van der Waals surface area contributed by atoms with E-state index < -0.39 is 0 Å². The van der Waals surface area contributed by atoms with Gasteiger partial charge in [0, 0.05) is 6.07 Å². The number of hydrogen-bond donors (Lipinski definition) is 1. The van der Waals surface area contributed by atoms with Crippen LogP contribution in [0.4, 0.5) is 0 Å². The Kier molecular flexibility index (Phi) is 2.21. The van der Waals surface area contributed by atoms with Gasteiger partial charge in [0.15, 0.2) is 6.29 Å². The van der Waals surface area contributed by atoms with Crippen molar-refractivity contribution in [3.05, 3.63) is 33.7 Å². The van der Waals surface area contributed by atoms with E-state index in [4.69, 9.17) is 0 Å². The second-order valence-electron chi connectivity index (χ2n) is 2.28. The number of aromatic nitrogens is 1. The summed E-state index contributed by atoms with van der Waals surface area (Å²) in [5.41, 5.74) is 1.01. The molecule has 0 amide bonds. The third kappa shape index (κ3) is 1.77. The lowest BCUT2D eigenvalue weighted by molar-refractivity contribution is 0.111. The number of aromatic amines is 1. The monoisotopic (exact) mass is 151 g/mol. The van der Waals surface area contributed by atoms with Gasteiger partial charge in [-0.2, -0.15) is 0 Å². The highest BCUT2D eigenvalue weighted by atomic mass is 16.1. The molecule has 0 saturated carbocycles. The second kappa shape index (κ2) is 3.14. The number of carbonyl (C=O) groups excluding carboxylic acids is 1. The predicted molar refractivity (Wildman–Crippen MR) is 41.8 cm³/mol. The Hall–Kier alpha value is -1.38. The molecule has 58 valence electrons. The zero-order valence-corrected chi connectivity index (χ0v) is 6.26. The molecular weight excluding hydrogens is 142 g/mol. The Morgan fingerprint density at radius 2 is 2.27 bits per heavy atom. The van der Waals surface area contributed by atoms with Gasteiger partial charge in [-0.05, 0) is 18.1 Å². The molecule has 0 saturated heterocycles. The maximum atomic E-state index is 10.8. The largest absolute Gasteiger partial charge is 0.320 e. The maximum absolute atomic E-state index is 10.8. The van der Waals surface area contributed by atoms with Gasteiger partial charge in [0.1, 0.15) is 0 Å². The standard InChI is InChI=1S/C8H9NO2/c1-2-6-3-7(5-10)9-8(11)4-6/h3-5H,2H2,1H3,(H,9,11). The average molecular weight is 151 g/mol. The quantitative estimate of drug-likeness (QED) is 0.634. The Morgan fingerprint density at radius 1 is 1.55 bits per heavy atom. The van der Waals surface area contributed by atoms with E-state index in [0.717, 1.165) is 12.0 Å². The Labute approximate surface area is 64.1 Å². The Morgan fingerprint density at radius 3 is 2.82 bits per heavy atom. The predicted octanol–water partition coefficient (Wildman–Crippen LogP) is 0.750. The second-order valence-corrected chi connectivity index (χ2v) is 2.28. The number of aldehydes is 1. The molecule has 0 aromatic carbocycles. The lowest BCUT2D eigenvalue weighted by Gasteiger charge is -1.94. The van der Waals surface area contributed by atoms with Gasteiger partial charge in [-0.25, -0.2) is 0 Å². The van der Waals surface area contributed by atoms with Gasteiger partial charge in [-0.1, -0.05) is 6.92 Å². The molecule has 0 fully saturated rings. The molecule has 1 rings (SSSR count). The molecule has 0 unspecified atom stereocenters. The maximum Gasteiger partial charge on any atom is 0.248 e. The molecule has 1 aromatic rings. The minimum atomic E-state index is -0.216. The summed E-state index contributed by atoms with van der Waals surface area (Å²) in [4.78, 5) is 23.5. The topological polar surface area (TPSA) is 49.9 Å². The fraction of sp³-hybridized carbons (Fsp3) is 0.250. The average Bonchev–Trinajstić information content (AvgIpc) is 2.03. The van der Waals surface area contributed by atoms with Crippen molar-refractivity contribution in [1.82, 2.24) is 4.98 Å². The van der Waals surface area contributed by atoms with E-state index >= 15 is 0 Å². The van der Waals surface area contributed by atoms with Crippen LogP contribution in [0.3, 0.4) is 0 Å². The SMILES string of the molecule is CCc1cc(C=O)[nH]c(=O)c1. The zero-order valence-electron chi connectivity index (χ0n) is 6.26. The molecule has 1 aromatic heterocycles. The van der Waals surface area contributed by atoms with Crippen molar-refractivity contribution < 1.29 is 4.79 Å². The summed E-state index contributed by atoms with van der Waals surface area (Å²) in [7, 11) is 0. The molecule has 0 bridgehead atoms. The highest BCUT2D eigenvalue weighted by Crippen LogP contribution is 1.96. The van der Waals surface area contributed by atoms with Crippen LogP contribution >= 0.6 is 0 Å². The van der Waals surface area contributed by atoms with Crippen molar-refractivity contribution in [2.24, 2.45) is 0 Å². The minimum Gasteiger partial charge on any atom is -0.320 e. The number of aryl methyl sites for hydroxylation is 1. The fourth-order valence-corrected chi connectivity index (χ4v) is 0.892. The van der Waals surface area contributed by atoms with Crippen LogP contribution in [0.5, 0.6) is 0 Å². The van der Waals surface area contributed by atoms with Crippen molar-refractivity contribution in [2.45, 2.75) is 13.3 Å². The number of rotatable bonds is 2. The first kappa shape index (κ1) is 7.72. The molecular formula is C8H9NO2. The third-order valence-electron chi connectivity index (χ3n) is 1.46. The first-order valence-electron chi connectivity index (χ1n) is 3.44. The van der Waals surface area contributed by atoms with E-state index in [-0.39, 0.29) is 5.56 Å². The summed E-state index contributed by atoms with van der Waals surface area (Å²) < 4.78 is 0. The molecule has 3 nitrogen and oxygen atoms in total. The summed E-state index contributed by atoms with van der Waals surface area (Å²) in [5.74, 6) is 0. The van der Waals surface area contributed by atoms with Gasteiger partial charge in [0.2, 0.25) is 5.56 Å². The summed E-state index contributed by atoms with van der Waals surface area (Å²) in [6, 6.07) is 3.17. The van der Waals surface area contributed by atoms with Crippen LogP contribution in [-0.2, 0) is 6.42 Å². The van der Waals surface area contributed by atoms with Gasteiger partial charge in [0.25, 0.3) is 0 Å². The van der Waals surface area contributed by atoms with Gasteiger partial charge in [-0.3, -0.25) is 9.59 Å². The molecule has 3 heteroatoms. The summed E-state index contributed by atoms with van der Waals surface area (Å²) in [6.07, 6.45) is 1.41. The normalized spacial score (nSPS) is 9.55. The Bertz CT molecular complexity index is 314. The van der Waals surface area contributed by atoms with E-state index in [1.54, 1.807) is 6.07 Å². The van der Waals surface area contributed by atoms with Crippen molar-refractivity contribution in [1.29, 1.82) is 0 Å². The highest BCUT2D eigenvalue weighted by molar-refractivity contribution is 5.71. The first-order valence-corrected chi connectivity index (χ1v) is 3.44. The molecule has 0 atom stereocenters. The summed E-state index contributed by atoms with van der Waals surface area (Å²) >= 11 is 0. The molecule has 0 aliphatic rings. The third-order valence-corrected chi connectivity index (χ3v) is 1.46. The van der Waals surface area contributed by atoms with Crippen LogP contribution < -0.4 is 5.56 Å². The first-order chi connectivity index (χ1) is 5.26. The number of H-pyrrole nitrogens is 1. The highest BCUT2D eigenvalue weighted by Gasteiger charge is 1.94. The van der Waals surface area contributed by atoms with Crippen molar-refractivity contribution in [3.63, 3.8) is 0 Å². The van der Waals surface area contributed by atoms with Crippen LogP contribution in [0, 0.1) is 0 Å². The van der Waals surface area contributed by atoms with E-state index in [9.17, 15) is 9.59 Å². The van der Waals surface area contributed by atoms with Crippen molar-refractivity contribution in [2.75, 3.05) is 0 Å². The summed E-state index contributed by atoms with van der Waals surface area (Å²) in [6.45, 7) is 1.93. The number of hydrogen-bond acceptors (Lipinski definition) is 2. The molecule has 0 radical (unpaired) electrons. The molecule has 0 spiro atoms. The van der Waals surface area contributed by atoms with Gasteiger partial charge >= 0.3 is 0 Å². The van der Waals surface area contributed by atoms with Crippen LogP contribution in [0.2, 0.25) is 0 Å². The van der Waals surface area contributed by atoms with Crippen LogP contribution in [-0.4, -0.2) is 11.3 Å². The smallest absolute Gasteiger partial charge is 0.248 e. The van der Waals surface area contributed by atoms with Crippen molar-refractivity contribution >= 4 is 6.29 Å². The van der Waals surface area contributed by atoms with Crippen molar-refractivity contribution in [3.8, 4) is 0 Å². The van der Waals surface area contributed by atoms with Gasteiger partial charge in [-0.15, -0.1) is 0 Å². The van der Waals surface area contributed by atoms with E-state index in [1.807, 2.05) is 6.92 Å². The number of pyridine rings is 1. The Balaban J connectivity index is 3.22. The molecule has 1 heterocycles. The van der Waals surface area contributed by atoms with Gasteiger partial charge < -0.3 is 4.98 Å². The van der Waals surface area contributed by atoms with Crippen LogP contribution in [0.25, 0.3) is 0 Å². The van der Waals surface area contributed by atoms with Gasteiger partial charge in [0.05, 0.1) is 5.69 Å². The van der Waals surface area contributed by atoms with E-state index in [2.05, 4.69) is 4.98 Å². The molecule has 11 heavy (non-hydrogen) atoms. The molecule has 1 N–H and O–H groups in total.